The van der Waals surface area contributed by atoms with Crippen molar-refractivity contribution >= 4 is 28.8 Å². The average molecular weight is 390 g/mol. The van der Waals surface area contributed by atoms with E-state index in [0.717, 1.165) is 22.6 Å². The number of aromatic nitrogens is 2. The van der Waals surface area contributed by atoms with Crippen LogP contribution in [0.2, 0.25) is 5.02 Å². The molecule has 26 heavy (non-hydrogen) atoms. The summed E-state index contributed by atoms with van der Waals surface area (Å²) in [4.78, 5) is 15.1. The molecule has 0 unspecified atom stereocenters. The number of hydrogen-bond donors (Lipinski definition) is 0. The summed E-state index contributed by atoms with van der Waals surface area (Å²) in [6, 6.07) is 9.11. The van der Waals surface area contributed by atoms with Crippen LogP contribution in [0.15, 0.2) is 41.9 Å². The predicted octanol–water partition coefficient (Wildman–Crippen LogP) is 4.29. The predicted molar refractivity (Wildman–Crippen MR) is 104 cm³/mol. The van der Waals surface area contributed by atoms with Gasteiger partial charge in [-0.2, -0.15) is 5.10 Å². The maximum absolute atomic E-state index is 12.6. The van der Waals surface area contributed by atoms with Gasteiger partial charge in [0.25, 0.3) is 5.91 Å². The molecule has 2 aromatic heterocycles. The largest absolute Gasteiger partial charge is 0.489 e. The van der Waals surface area contributed by atoms with E-state index in [1.165, 1.54) is 11.3 Å². The Labute approximate surface area is 161 Å². The minimum atomic E-state index is -0.00371. The normalized spacial score (nSPS) is 10.8. The summed E-state index contributed by atoms with van der Waals surface area (Å²) in [7, 11) is 3.70. The summed E-state index contributed by atoms with van der Waals surface area (Å²) in [6.45, 7) is 2.95. The van der Waals surface area contributed by atoms with Gasteiger partial charge >= 0.3 is 0 Å². The summed E-state index contributed by atoms with van der Waals surface area (Å²) < 4.78 is 7.54. The molecule has 0 saturated heterocycles. The van der Waals surface area contributed by atoms with Crippen LogP contribution in [-0.4, -0.2) is 27.6 Å². The highest BCUT2D eigenvalue weighted by atomic mass is 35.5. The molecule has 0 aliphatic rings. The quantitative estimate of drug-likeness (QED) is 0.631. The molecule has 5 nitrogen and oxygen atoms in total. The first-order valence-electron chi connectivity index (χ1n) is 8.12. The third-order valence-corrected chi connectivity index (χ3v) is 5.39. The molecule has 0 fully saturated rings. The molecule has 7 heteroatoms. The molecule has 136 valence electrons. The van der Waals surface area contributed by atoms with Gasteiger partial charge in [0.15, 0.2) is 0 Å². The molecule has 0 N–H and O–H groups in total. The molecule has 0 spiro atoms. The number of aryl methyl sites for hydroxylation is 1. The number of benzene rings is 1. The Balaban J connectivity index is 1.60. The molecule has 2 heterocycles. The molecule has 0 atom stereocenters. The summed E-state index contributed by atoms with van der Waals surface area (Å²) in [6.07, 6.45) is 1.80. The Morgan fingerprint density at radius 3 is 2.73 bits per heavy atom. The van der Waals surface area contributed by atoms with Crippen LogP contribution in [0.4, 0.5) is 0 Å². The van der Waals surface area contributed by atoms with Crippen LogP contribution in [0.25, 0.3) is 0 Å². The van der Waals surface area contributed by atoms with Crippen molar-refractivity contribution in [2.45, 2.75) is 20.1 Å². The van der Waals surface area contributed by atoms with Crippen molar-refractivity contribution in [3.8, 4) is 5.75 Å². The van der Waals surface area contributed by atoms with Gasteiger partial charge in [-0.3, -0.25) is 9.48 Å². The number of ether oxygens (including phenoxy) is 1. The van der Waals surface area contributed by atoms with Gasteiger partial charge in [-0.15, -0.1) is 11.3 Å². The summed E-state index contributed by atoms with van der Waals surface area (Å²) in [5.41, 5.74) is 3.08. The minimum Gasteiger partial charge on any atom is -0.489 e. The molecule has 0 bridgehead atoms. The smallest absolute Gasteiger partial charge is 0.263 e. The number of carbonyl (C=O) groups excluding carboxylic acids is 1. The lowest BCUT2D eigenvalue weighted by Crippen LogP contribution is -2.25. The standard InChI is InChI=1S/C19H20ClN3O2S/c1-13-15(9-21-23(13)3)10-22(2)19(24)18-8-14(12-26-18)11-25-17-6-4-16(20)5-7-17/h4-9,12H,10-11H2,1-3H3. The van der Waals surface area contributed by atoms with E-state index in [0.29, 0.717) is 23.1 Å². The molecule has 3 rings (SSSR count). The summed E-state index contributed by atoms with van der Waals surface area (Å²) in [5.74, 6) is 0.744. The molecular weight excluding hydrogens is 370 g/mol. The number of amides is 1. The van der Waals surface area contributed by atoms with Gasteiger partial charge in [-0.25, -0.2) is 0 Å². The van der Waals surface area contributed by atoms with Gasteiger partial charge in [0.1, 0.15) is 12.4 Å². The van der Waals surface area contributed by atoms with Crippen molar-refractivity contribution in [1.29, 1.82) is 0 Å². The highest BCUT2D eigenvalue weighted by Gasteiger charge is 2.16. The second-order valence-corrected chi connectivity index (χ2v) is 7.45. The van der Waals surface area contributed by atoms with Crippen molar-refractivity contribution in [2.24, 2.45) is 7.05 Å². The van der Waals surface area contributed by atoms with E-state index < -0.39 is 0 Å². The van der Waals surface area contributed by atoms with Crippen molar-refractivity contribution in [3.05, 3.63) is 68.6 Å². The van der Waals surface area contributed by atoms with Crippen LogP contribution in [0, 0.1) is 6.92 Å². The third-order valence-electron chi connectivity index (χ3n) is 4.17. The van der Waals surface area contributed by atoms with E-state index >= 15 is 0 Å². The average Bonchev–Trinajstić information content (AvgIpc) is 3.23. The summed E-state index contributed by atoms with van der Waals surface area (Å²) in [5, 5.41) is 6.84. The number of carbonyl (C=O) groups is 1. The summed E-state index contributed by atoms with van der Waals surface area (Å²) >= 11 is 7.29. The maximum atomic E-state index is 12.6. The molecule has 0 radical (unpaired) electrons. The van der Waals surface area contributed by atoms with Crippen molar-refractivity contribution in [3.63, 3.8) is 0 Å². The molecule has 1 amide bonds. The Bertz CT molecular complexity index is 902. The SMILES string of the molecule is Cc1c(CN(C)C(=O)c2cc(COc3ccc(Cl)cc3)cs2)cnn1C. The minimum absolute atomic E-state index is 0.00371. The topological polar surface area (TPSA) is 47.4 Å². The van der Waals surface area contributed by atoms with E-state index in [4.69, 9.17) is 16.3 Å². The number of hydrogen-bond acceptors (Lipinski definition) is 4. The fraction of sp³-hybridized carbons (Fsp3) is 0.263. The first-order chi connectivity index (χ1) is 12.4. The van der Waals surface area contributed by atoms with Crippen LogP contribution in [-0.2, 0) is 20.2 Å². The molecule has 1 aromatic carbocycles. The first kappa shape index (κ1) is 18.5. The van der Waals surface area contributed by atoms with Crippen LogP contribution in [0.1, 0.15) is 26.5 Å². The monoisotopic (exact) mass is 389 g/mol. The zero-order chi connectivity index (χ0) is 18.7. The molecule has 0 saturated carbocycles. The lowest BCUT2D eigenvalue weighted by Gasteiger charge is -2.15. The van der Waals surface area contributed by atoms with Crippen molar-refractivity contribution < 1.29 is 9.53 Å². The third kappa shape index (κ3) is 4.26. The number of rotatable bonds is 6. The molecule has 3 aromatic rings. The Morgan fingerprint density at radius 2 is 2.08 bits per heavy atom. The van der Waals surface area contributed by atoms with E-state index in [2.05, 4.69) is 5.10 Å². The van der Waals surface area contributed by atoms with Crippen LogP contribution in [0.5, 0.6) is 5.75 Å². The fourth-order valence-corrected chi connectivity index (χ4v) is 3.49. The van der Waals surface area contributed by atoms with Gasteiger partial charge in [-0.05, 0) is 42.6 Å². The fourth-order valence-electron chi connectivity index (χ4n) is 2.48. The second-order valence-electron chi connectivity index (χ2n) is 6.10. The van der Waals surface area contributed by atoms with Crippen LogP contribution >= 0.6 is 22.9 Å². The number of nitrogens with zero attached hydrogens (tertiary/aromatic N) is 3. The lowest BCUT2D eigenvalue weighted by atomic mass is 10.2. The van der Waals surface area contributed by atoms with Gasteiger partial charge in [0.2, 0.25) is 0 Å². The Kier molecular flexibility index (Phi) is 5.64. The Hall–Kier alpha value is -2.31. The van der Waals surface area contributed by atoms with Crippen molar-refractivity contribution in [1.82, 2.24) is 14.7 Å². The van der Waals surface area contributed by atoms with Gasteiger partial charge in [0, 0.05) is 42.5 Å². The zero-order valence-corrected chi connectivity index (χ0v) is 16.5. The lowest BCUT2D eigenvalue weighted by molar-refractivity contribution is 0.0789. The van der Waals surface area contributed by atoms with Crippen molar-refractivity contribution in [2.75, 3.05) is 7.05 Å². The Morgan fingerprint density at radius 1 is 1.35 bits per heavy atom. The zero-order valence-electron chi connectivity index (χ0n) is 14.9. The first-order valence-corrected chi connectivity index (χ1v) is 9.38. The van der Waals surface area contributed by atoms with E-state index in [9.17, 15) is 4.79 Å². The maximum Gasteiger partial charge on any atom is 0.263 e. The van der Waals surface area contributed by atoms with Gasteiger partial charge in [0.05, 0.1) is 11.1 Å². The van der Waals surface area contributed by atoms with Gasteiger partial charge < -0.3 is 9.64 Å². The van der Waals surface area contributed by atoms with Crippen LogP contribution < -0.4 is 4.74 Å². The number of thiophene rings is 1. The van der Waals surface area contributed by atoms with Gasteiger partial charge in [-0.1, -0.05) is 11.6 Å². The second kappa shape index (κ2) is 7.93. The molecule has 0 aliphatic carbocycles. The highest BCUT2D eigenvalue weighted by molar-refractivity contribution is 7.12. The number of halogens is 1. The van der Waals surface area contributed by atoms with E-state index in [-0.39, 0.29) is 5.91 Å². The highest BCUT2D eigenvalue weighted by Crippen LogP contribution is 2.21. The van der Waals surface area contributed by atoms with Crippen LogP contribution in [0.3, 0.4) is 0 Å². The van der Waals surface area contributed by atoms with E-state index in [1.54, 1.807) is 30.3 Å². The van der Waals surface area contributed by atoms with E-state index in [1.807, 2.05) is 42.2 Å². The molecular formula is C19H20ClN3O2S. The molecule has 0 aliphatic heterocycles.